The molecule has 0 saturated carbocycles. The summed E-state index contributed by atoms with van der Waals surface area (Å²) < 4.78 is 5.31. The Morgan fingerprint density at radius 3 is 2.69 bits per heavy atom. The van der Waals surface area contributed by atoms with Crippen LogP contribution in [0.15, 0.2) is 42.5 Å². The van der Waals surface area contributed by atoms with Crippen molar-refractivity contribution in [3.05, 3.63) is 64.7 Å². The van der Waals surface area contributed by atoms with E-state index in [1.54, 1.807) is 7.11 Å². The molecule has 1 aliphatic heterocycles. The number of benzene rings is 2. The maximum Gasteiger partial charge on any atom is 0.253 e. The number of rotatable bonds is 7. The molecule has 2 aromatic carbocycles. The predicted molar refractivity (Wildman–Crippen MR) is 119 cm³/mol. The van der Waals surface area contributed by atoms with Gasteiger partial charge in [0.2, 0.25) is 0 Å². The van der Waals surface area contributed by atoms with Crippen LogP contribution in [0.4, 0.5) is 0 Å². The largest absolute Gasteiger partial charge is 0.496 e. The maximum absolute atomic E-state index is 12.9. The number of likely N-dealkylation sites (tertiary alicyclic amines) is 1. The fraction of sp³-hybridized carbons (Fsp3) is 0.480. The molecule has 0 bridgehead atoms. The lowest BCUT2D eigenvalue weighted by Crippen LogP contribution is -2.42. The molecule has 29 heavy (non-hydrogen) atoms. The van der Waals surface area contributed by atoms with E-state index in [1.165, 1.54) is 24.0 Å². The molecular formula is C25H34N2O2. The first kappa shape index (κ1) is 21.4. The van der Waals surface area contributed by atoms with Crippen molar-refractivity contribution in [2.24, 2.45) is 5.92 Å². The number of amides is 1. The van der Waals surface area contributed by atoms with Crippen molar-refractivity contribution in [1.82, 2.24) is 9.80 Å². The number of aryl methyl sites for hydroxylation is 2. The molecule has 1 atom stereocenters. The standard InChI is InChI=1S/C25H34N2O2/c1-19-8-5-6-10-22(19)13-15-27-14-7-9-21(18-27)17-26(3)25(28)23-11-12-24(29-4)20(2)16-23/h5-6,8,10-12,16,21H,7,9,13-15,17-18H2,1-4H3. The Hall–Kier alpha value is -2.33. The Bertz CT molecular complexity index is 833. The highest BCUT2D eigenvalue weighted by Gasteiger charge is 2.23. The summed E-state index contributed by atoms with van der Waals surface area (Å²) in [5.41, 5.74) is 4.54. The van der Waals surface area contributed by atoms with E-state index in [0.717, 1.165) is 49.5 Å². The first-order valence-electron chi connectivity index (χ1n) is 10.6. The number of carbonyl (C=O) groups is 1. The van der Waals surface area contributed by atoms with Gasteiger partial charge in [0.25, 0.3) is 5.91 Å². The van der Waals surface area contributed by atoms with Gasteiger partial charge in [0, 0.05) is 32.2 Å². The van der Waals surface area contributed by atoms with Gasteiger partial charge in [-0.25, -0.2) is 0 Å². The van der Waals surface area contributed by atoms with Crippen LogP contribution in [0.2, 0.25) is 0 Å². The maximum atomic E-state index is 12.9. The van der Waals surface area contributed by atoms with Gasteiger partial charge in [0.15, 0.2) is 0 Å². The third-order valence-electron chi connectivity index (χ3n) is 6.08. The zero-order chi connectivity index (χ0) is 20.8. The van der Waals surface area contributed by atoms with Crippen molar-refractivity contribution in [2.75, 3.05) is 40.3 Å². The van der Waals surface area contributed by atoms with Gasteiger partial charge in [-0.2, -0.15) is 0 Å². The molecule has 156 valence electrons. The van der Waals surface area contributed by atoms with Gasteiger partial charge in [-0.05, 0) is 80.5 Å². The SMILES string of the molecule is COc1ccc(C(=O)N(C)CC2CCCN(CCc3ccccc3C)C2)cc1C. The van der Waals surface area contributed by atoms with Gasteiger partial charge in [-0.15, -0.1) is 0 Å². The minimum absolute atomic E-state index is 0.0905. The highest BCUT2D eigenvalue weighted by Crippen LogP contribution is 2.22. The molecule has 0 radical (unpaired) electrons. The van der Waals surface area contributed by atoms with E-state index < -0.39 is 0 Å². The molecule has 4 nitrogen and oxygen atoms in total. The number of carbonyl (C=O) groups excluding carboxylic acids is 1. The molecule has 4 heteroatoms. The van der Waals surface area contributed by atoms with Crippen molar-refractivity contribution >= 4 is 5.91 Å². The first-order chi connectivity index (χ1) is 14.0. The normalized spacial score (nSPS) is 17.2. The summed E-state index contributed by atoms with van der Waals surface area (Å²) >= 11 is 0. The van der Waals surface area contributed by atoms with Gasteiger partial charge >= 0.3 is 0 Å². The monoisotopic (exact) mass is 394 g/mol. The predicted octanol–water partition coefficient (Wildman–Crippen LogP) is 4.34. The lowest BCUT2D eigenvalue weighted by Gasteiger charge is -2.35. The molecule has 1 heterocycles. The van der Waals surface area contributed by atoms with Crippen LogP contribution in [0.1, 0.15) is 39.9 Å². The summed E-state index contributed by atoms with van der Waals surface area (Å²) in [7, 11) is 3.58. The van der Waals surface area contributed by atoms with Crippen LogP contribution in [-0.4, -0.2) is 56.0 Å². The average Bonchev–Trinajstić information content (AvgIpc) is 2.73. The Labute approximate surface area is 175 Å². The van der Waals surface area contributed by atoms with E-state index in [-0.39, 0.29) is 5.91 Å². The molecule has 0 N–H and O–H groups in total. The summed E-state index contributed by atoms with van der Waals surface area (Å²) in [6.07, 6.45) is 3.50. The van der Waals surface area contributed by atoms with Crippen LogP contribution >= 0.6 is 0 Å². The zero-order valence-electron chi connectivity index (χ0n) is 18.3. The van der Waals surface area contributed by atoms with Gasteiger partial charge in [-0.3, -0.25) is 4.79 Å². The summed E-state index contributed by atoms with van der Waals surface area (Å²) in [6.45, 7) is 8.31. The molecule has 1 fully saturated rings. The minimum atomic E-state index is 0.0905. The molecule has 1 unspecified atom stereocenters. The van der Waals surface area contributed by atoms with Crippen molar-refractivity contribution < 1.29 is 9.53 Å². The van der Waals surface area contributed by atoms with Gasteiger partial charge in [0.05, 0.1) is 7.11 Å². The Balaban J connectivity index is 1.53. The van der Waals surface area contributed by atoms with Crippen molar-refractivity contribution in [3.63, 3.8) is 0 Å². The molecule has 3 rings (SSSR count). The summed E-state index contributed by atoms with van der Waals surface area (Å²) in [4.78, 5) is 17.3. The van der Waals surface area contributed by atoms with E-state index in [1.807, 2.05) is 37.1 Å². The van der Waals surface area contributed by atoms with E-state index in [2.05, 4.69) is 36.1 Å². The average molecular weight is 395 g/mol. The van der Waals surface area contributed by atoms with Crippen molar-refractivity contribution in [3.8, 4) is 5.75 Å². The van der Waals surface area contributed by atoms with Crippen molar-refractivity contribution in [2.45, 2.75) is 33.1 Å². The van der Waals surface area contributed by atoms with Crippen LogP contribution < -0.4 is 4.74 Å². The number of piperidine rings is 1. The Morgan fingerprint density at radius 2 is 1.97 bits per heavy atom. The summed E-state index contributed by atoms with van der Waals surface area (Å²) in [5, 5.41) is 0. The van der Waals surface area contributed by atoms with Gasteiger partial charge in [0.1, 0.15) is 5.75 Å². The molecule has 1 amide bonds. The van der Waals surface area contributed by atoms with Crippen LogP contribution in [0, 0.1) is 19.8 Å². The zero-order valence-corrected chi connectivity index (χ0v) is 18.3. The van der Waals surface area contributed by atoms with E-state index in [9.17, 15) is 4.79 Å². The minimum Gasteiger partial charge on any atom is -0.496 e. The molecule has 1 aliphatic rings. The molecule has 2 aromatic rings. The first-order valence-corrected chi connectivity index (χ1v) is 10.6. The summed E-state index contributed by atoms with van der Waals surface area (Å²) in [5.74, 6) is 1.45. The van der Waals surface area contributed by atoms with Crippen LogP contribution in [0.5, 0.6) is 5.75 Å². The molecule has 0 aromatic heterocycles. The second-order valence-corrected chi connectivity index (χ2v) is 8.36. The van der Waals surface area contributed by atoms with Gasteiger partial charge in [-0.1, -0.05) is 24.3 Å². The fourth-order valence-electron chi connectivity index (χ4n) is 4.37. The molecule has 0 spiro atoms. The molecular weight excluding hydrogens is 360 g/mol. The number of methoxy groups -OCH3 is 1. The van der Waals surface area contributed by atoms with E-state index in [0.29, 0.717) is 5.92 Å². The second-order valence-electron chi connectivity index (χ2n) is 8.36. The third-order valence-corrected chi connectivity index (χ3v) is 6.08. The highest BCUT2D eigenvalue weighted by atomic mass is 16.5. The Kier molecular flexibility index (Phi) is 7.32. The van der Waals surface area contributed by atoms with Crippen LogP contribution in [0.25, 0.3) is 0 Å². The number of nitrogens with zero attached hydrogens (tertiary/aromatic N) is 2. The molecule has 1 saturated heterocycles. The quantitative estimate of drug-likeness (QED) is 0.700. The van der Waals surface area contributed by atoms with Crippen LogP contribution in [0.3, 0.4) is 0 Å². The third kappa shape index (κ3) is 5.60. The lowest BCUT2D eigenvalue weighted by molar-refractivity contribution is 0.0730. The lowest BCUT2D eigenvalue weighted by atomic mass is 9.96. The van der Waals surface area contributed by atoms with E-state index >= 15 is 0 Å². The number of ether oxygens (including phenoxy) is 1. The number of hydrogen-bond donors (Lipinski definition) is 0. The second kappa shape index (κ2) is 9.93. The summed E-state index contributed by atoms with van der Waals surface area (Å²) in [6, 6.07) is 14.3. The smallest absolute Gasteiger partial charge is 0.253 e. The topological polar surface area (TPSA) is 32.8 Å². The molecule has 0 aliphatic carbocycles. The van der Waals surface area contributed by atoms with Crippen molar-refractivity contribution in [1.29, 1.82) is 0 Å². The number of hydrogen-bond acceptors (Lipinski definition) is 3. The Morgan fingerprint density at radius 1 is 1.17 bits per heavy atom. The fourth-order valence-corrected chi connectivity index (χ4v) is 4.37. The highest BCUT2D eigenvalue weighted by molar-refractivity contribution is 5.94. The van der Waals surface area contributed by atoms with Crippen LogP contribution in [-0.2, 0) is 6.42 Å². The van der Waals surface area contributed by atoms with Gasteiger partial charge < -0.3 is 14.5 Å². The van der Waals surface area contributed by atoms with E-state index in [4.69, 9.17) is 4.74 Å².